The summed E-state index contributed by atoms with van der Waals surface area (Å²) in [6.07, 6.45) is 0. The van der Waals surface area contributed by atoms with E-state index in [1.54, 1.807) is 24.3 Å². The number of aromatic nitrogens is 1. The maximum absolute atomic E-state index is 12.4. The molecule has 2 aromatic carbocycles. The van der Waals surface area contributed by atoms with Gasteiger partial charge in [-0.3, -0.25) is 8.98 Å². The molecule has 112 valence electrons. The monoisotopic (exact) mass is 313 g/mol. The molecule has 0 radical (unpaired) electrons. The highest BCUT2D eigenvalue weighted by atomic mass is 32.2. The number of hydrogen-bond acceptors (Lipinski definition) is 3. The summed E-state index contributed by atoms with van der Waals surface area (Å²) >= 11 is -1.68. The van der Waals surface area contributed by atoms with Gasteiger partial charge in [0.1, 0.15) is 6.61 Å². The molecule has 0 bridgehead atoms. The predicted molar refractivity (Wildman–Crippen MR) is 86.2 cm³/mol. The minimum absolute atomic E-state index is 0.188. The van der Waals surface area contributed by atoms with E-state index in [9.17, 15) is 9.00 Å². The smallest absolute Gasteiger partial charge is 0.192 e. The van der Waals surface area contributed by atoms with Crippen LogP contribution in [-0.2, 0) is 15.3 Å². The number of aryl methyl sites for hydroxylation is 1. The molecule has 0 spiro atoms. The van der Waals surface area contributed by atoms with Crippen LogP contribution in [0.4, 0.5) is 0 Å². The Hall–Kier alpha value is -2.24. The molecule has 0 saturated heterocycles. The highest BCUT2D eigenvalue weighted by Gasteiger charge is 2.17. The lowest BCUT2D eigenvalue weighted by atomic mass is 10.1. The summed E-state index contributed by atoms with van der Waals surface area (Å²) in [5, 5.41) is 0.852. The summed E-state index contributed by atoms with van der Waals surface area (Å²) in [6.45, 7) is 1.63. The van der Waals surface area contributed by atoms with Gasteiger partial charge in [-0.1, -0.05) is 48.5 Å². The van der Waals surface area contributed by atoms with Crippen molar-refractivity contribution in [1.82, 2.24) is 4.98 Å². The average molecular weight is 313 g/mol. The van der Waals surface area contributed by atoms with E-state index in [-0.39, 0.29) is 12.4 Å². The van der Waals surface area contributed by atoms with E-state index in [2.05, 4.69) is 4.98 Å². The molecule has 1 unspecified atom stereocenters. The number of Topliss-reactive ketones (excluding diaryl/α,β-unsaturated/α-hetero) is 1. The molecule has 5 heteroatoms. The number of aromatic amines is 1. The van der Waals surface area contributed by atoms with Gasteiger partial charge < -0.3 is 4.98 Å². The molecule has 1 N–H and O–H groups in total. The van der Waals surface area contributed by atoms with Crippen molar-refractivity contribution in [3.8, 4) is 0 Å². The average Bonchev–Trinajstić information content (AvgIpc) is 2.89. The van der Waals surface area contributed by atoms with Crippen LogP contribution in [0.15, 0.2) is 59.5 Å². The van der Waals surface area contributed by atoms with Gasteiger partial charge in [0.25, 0.3) is 0 Å². The molecule has 22 heavy (non-hydrogen) atoms. The van der Waals surface area contributed by atoms with Crippen LogP contribution in [0.25, 0.3) is 10.9 Å². The summed E-state index contributed by atoms with van der Waals surface area (Å²) in [7, 11) is 0. The lowest BCUT2D eigenvalue weighted by molar-refractivity contribution is 0.0930. The van der Waals surface area contributed by atoms with Crippen molar-refractivity contribution >= 4 is 27.8 Å². The van der Waals surface area contributed by atoms with Gasteiger partial charge >= 0.3 is 0 Å². The largest absolute Gasteiger partial charge is 0.358 e. The number of H-pyrrole nitrogens is 1. The standard InChI is InChI=1S/C17H15NO3S/c1-12-17(14-9-5-6-10-15(14)18-12)22(20)21-11-16(19)13-7-3-2-4-8-13/h2-10,18H,11H2,1H3. The van der Waals surface area contributed by atoms with Gasteiger partial charge in [0.2, 0.25) is 0 Å². The van der Waals surface area contributed by atoms with Gasteiger partial charge in [0.05, 0.1) is 4.90 Å². The van der Waals surface area contributed by atoms with Crippen molar-refractivity contribution in [2.45, 2.75) is 11.8 Å². The van der Waals surface area contributed by atoms with Crippen molar-refractivity contribution in [2.24, 2.45) is 0 Å². The quantitative estimate of drug-likeness (QED) is 0.734. The molecule has 0 aliphatic heterocycles. The molecule has 1 atom stereocenters. The van der Waals surface area contributed by atoms with E-state index < -0.39 is 11.1 Å². The van der Waals surface area contributed by atoms with E-state index in [1.165, 1.54) is 0 Å². The fourth-order valence-electron chi connectivity index (χ4n) is 2.34. The number of rotatable bonds is 5. The maximum atomic E-state index is 12.4. The Morgan fingerprint density at radius 2 is 1.77 bits per heavy atom. The highest BCUT2D eigenvalue weighted by molar-refractivity contribution is 7.80. The molecule has 1 aromatic heterocycles. The summed E-state index contributed by atoms with van der Waals surface area (Å²) in [5.74, 6) is -0.188. The molecule has 0 saturated carbocycles. The predicted octanol–water partition coefficient (Wildman–Crippen LogP) is 3.40. The minimum atomic E-state index is -1.68. The molecule has 0 aliphatic carbocycles. The van der Waals surface area contributed by atoms with Gasteiger partial charge in [-0.05, 0) is 13.0 Å². The van der Waals surface area contributed by atoms with Crippen LogP contribution in [0.2, 0.25) is 0 Å². The number of para-hydroxylation sites is 1. The summed E-state index contributed by atoms with van der Waals surface area (Å²) in [4.78, 5) is 15.8. The zero-order valence-corrected chi connectivity index (χ0v) is 12.9. The fourth-order valence-corrected chi connectivity index (χ4v) is 3.33. The number of benzene rings is 2. The maximum Gasteiger partial charge on any atom is 0.192 e. The second kappa shape index (κ2) is 6.25. The number of ketones is 1. The zero-order valence-electron chi connectivity index (χ0n) is 12.0. The first kappa shape index (κ1) is 14.7. The third kappa shape index (κ3) is 2.86. The second-order valence-corrected chi connectivity index (χ2v) is 6.02. The van der Waals surface area contributed by atoms with Gasteiger partial charge in [-0.2, -0.15) is 0 Å². The molecule has 3 rings (SSSR count). The van der Waals surface area contributed by atoms with Crippen LogP contribution >= 0.6 is 0 Å². The molecule has 3 aromatic rings. The Balaban J connectivity index is 1.77. The first-order valence-electron chi connectivity index (χ1n) is 6.87. The Labute approximate surface area is 130 Å². The van der Waals surface area contributed by atoms with Gasteiger partial charge in [0, 0.05) is 22.2 Å². The van der Waals surface area contributed by atoms with E-state index in [4.69, 9.17) is 4.18 Å². The Morgan fingerprint density at radius 1 is 1.09 bits per heavy atom. The summed E-state index contributed by atoms with van der Waals surface area (Å²) in [5.41, 5.74) is 2.24. The van der Waals surface area contributed by atoms with Crippen LogP contribution in [0, 0.1) is 6.92 Å². The van der Waals surface area contributed by atoms with Crippen LogP contribution < -0.4 is 0 Å². The first-order valence-corrected chi connectivity index (χ1v) is 7.95. The second-order valence-electron chi connectivity index (χ2n) is 4.91. The third-order valence-electron chi connectivity index (χ3n) is 3.39. The summed E-state index contributed by atoms with van der Waals surface area (Å²) in [6, 6.07) is 16.4. The van der Waals surface area contributed by atoms with Crippen molar-refractivity contribution in [3.63, 3.8) is 0 Å². The van der Waals surface area contributed by atoms with Gasteiger partial charge in [0.15, 0.2) is 16.9 Å². The molecule has 4 nitrogen and oxygen atoms in total. The Morgan fingerprint density at radius 3 is 2.55 bits per heavy atom. The van der Waals surface area contributed by atoms with Crippen molar-refractivity contribution in [2.75, 3.05) is 6.61 Å². The van der Waals surface area contributed by atoms with Crippen LogP contribution in [0.5, 0.6) is 0 Å². The van der Waals surface area contributed by atoms with E-state index in [0.717, 1.165) is 16.6 Å². The highest BCUT2D eigenvalue weighted by Crippen LogP contribution is 2.25. The number of nitrogens with one attached hydrogen (secondary N) is 1. The third-order valence-corrected chi connectivity index (χ3v) is 4.59. The van der Waals surface area contributed by atoms with Crippen molar-refractivity contribution in [3.05, 3.63) is 65.9 Å². The number of hydrogen-bond donors (Lipinski definition) is 1. The number of carbonyl (C=O) groups excluding carboxylic acids is 1. The van der Waals surface area contributed by atoms with E-state index in [1.807, 2.05) is 37.3 Å². The SMILES string of the molecule is Cc1[nH]c2ccccc2c1S(=O)OCC(=O)c1ccccc1. The van der Waals surface area contributed by atoms with Crippen molar-refractivity contribution in [1.29, 1.82) is 0 Å². The molecular weight excluding hydrogens is 298 g/mol. The fraction of sp³-hybridized carbons (Fsp3) is 0.118. The van der Waals surface area contributed by atoms with Crippen LogP contribution in [0.3, 0.4) is 0 Å². The Bertz CT molecular complexity index is 839. The minimum Gasteiger partial charge on any atom is -0.358 e. The normalized spacial score (nSPS) is 12.4. The molecule has 1 heterocycles. The number of carbonyl (C=O) groups is 1. The molecule has 0 aliphatic rings. The lowest BCUT2D eigenvalue weighted by Crippen LogP contribution is -2.11. The molecule has 0 fully saturated rings. The van der Waals surface area contributed by atoms with Gasteiger partial charge in [-0.15, -0.1) is 0 Å². The topological polar surface area (TPSA) is 59.2 Å². The zero-order chi connectivity index (χ0) is 15.5. The number of fused-ring (bicyclic) bond motifs is 1. The van der Waals surface area contributed by atoms with Crippen molar-refractivity contribution < 1.29 is 13.2 Å². The van der Waals surface area contributed by atoms with Crippen LogP contribution in [0.1, 0.15) is 16.1 Å². The summed E-state index contributed by atoms with van der Waals surface area (Å²) < 4.78 is 17.7. The Kier molecular flexibility index (Phi) is 4.18. The molecular formula is C17H15NO3S. The first-order chi connectivity index (χ1) is 10.7. The van der Waals surface area contributed by atoms with Crippen LogP contribution in [-0.4, -0.2) is 21.6 Å². The molecule has 0 amide bonds. The van der Waals surface area contributed by atoms with E-state index in [0.29, 0.717) is 10.5 Å². The van der Waals surface area contributed by atoms with Gasteiger partial charge in [-0.25, -0.2) is 4.21 Å². The van der Waals surface area contributed by atoms with E-state index >= 15 is 0 Å². The lowest BCUT2D eigenvalue weighted by Gasteiger charge is -2.04.